The van der Waals surface area contributed by atoms with Crippen molar-refractivity contribution in [1.29, 1.82) is 0 Å². The zero-order valence-corrected chi connectivity index (χ0v) is 12.9. The van der Waals surface area contributed by atoms with Crippen LogP contribution in [-0.4, -0.2) is 27.0 Å². The Morgan fingerprint density at radius 3 is 2.76 bits per heavy atom. The van der Waals surface area contributed by atoms with Gasteiger partial charge in [0.2, 0.25) is 10.0 Å². The fourth-order valence-electron chi connectivity index (χ4n) is 1.98. The molecule has 0 aromatic carbocycles. The maximum atomic E-state index is 12.3. The van der Waals surface area contributed by atoms with Crippen LogP contribution in [0.4, 0.5) is 0 Å². The lowest BCUT2D eigenvalue weighted by atomic mass is 10.0. The first-order valence-corrected chi connectivity index (χ1v) is 8.42. The molecule has 1 fully saturated rings. The molecule has 0 amide bonds. The summed E-state index contributed by atoms with van der Waals surface area (Å²) in [5, 5.41) is 3.17. The topological polar surface area (TPSA) is 58.2 Å². The predicted octanol–water partition coefficient (Wildman–Crippen LogP) is 1.85. The molecule has 7 heteroatoms. The van der Waals surface area contributed by atoms with Crippen molar-refractivity contribution in [3.8, 4) is 0 Å². The molecule has 0 bridgehead atoms. The molecule has 1 saturated heterocycles. The van der Waals surface area contributed by atoms with Crippen LogP contribution in [0.1, 0.15) is 18.2 Å². The van der Waals surface area contributed by atoms with Crippen molar-refractivity contribution < 1.29 is 8.42 Å². The lowest BCUT2D eigenvalue weighted by Crippen LogP contribution is -2.47. The molecule has 0 saturated carbocycles. The first-order chi connectivity index (χ1) is 7.82. The zero-order valence-electron chi connectivity index (χ0n) is 9.71. The fourth-order valence-corrected chi connectivity index (χ4v) is 5.83. The van der Waals surface area contributed by atoms with Gasteiger partial charge in [0.15, 0.2) is 0 Å². The van der Waals surface area contributed by atoms with E-state index in [1.807, 2.05) is 13.8 Å². The SMILES string of the molecule is Cc1sc(Br)cc1S(=O)(=O)NC1(C)CCNC1. The van der Waals surface area contributed by atoms with Gasteiger partial charge in [0.05, 0.1) is 8.68 Å². The molecule has 1 aliphatic rings. The molecule has 2 rings (SSSR count). The number of rotatable bonds is 3. The Bertz CT molecular complexity index is 518. The van der Waals surface area contributed by atoms with Crippen LogP contribution in [0.25, 0.3) is 0 Å². The summed E-state index contributed by atoms with van der Waals surface area (Å²) < 4.78 is 28.2. The van der Waals surface area contributed by atoms with Gasteiger partial charge < -0.3 is 5.32 Å². The van der Waals surface area contributed by atoms with E-state index in [4.69, 9.17) is 0 Å². The Kier molecular flexibility index (Phi) is 3.66. The van der Waals surface area contributed by atoms with E-state index in [1.54, 1.807) is 6.07 Å². The van der Waals surface area contributed by atoms with Crippen LogP contribution < -0.4 is 10.0 Å². The summed E-state index contributed by atoms with van der Waals surface area (Å²) in [6, 6.07) is 1.66. The van der Waals surface area contributed by atoms with Crippen LogP contribution in [0.3, 0.4) is 0 Å². The highest BCUT2D eigenvalue weighted by Gasteiger charge is 2.34. The quantitative estimate of drug-likeness (QED) is 0.884. The van der Waals surface area contributed by atoms with Gasteiger partial charge in [0.25, 0.3) is 0 Å². The third-order valence-corrected chi connectivity index (χ3v) is 6.33. The minimum Gasteiger partial charge on any atom is -0.315 e. The van der Waals surface area contributed by atoms with E-state index in [0.717, 1.165) is 21.6 Å². The molecule has 0 spiro atoms. The third kappa shape index (κ3) is 2.90. The highest BCUT2D eigenvalue weighted by atomic mass is 79.9. The lowest BCUT2D eigenvalue weighted by molar-refractivity contribution is 0.452. The minimum atomic E-state index is -3.42. The summed E-state index contributed by atoms with van der Waals surface area (Å²) in [4.78, 5) is 1.18. The van der Waals surface area contributed by atoms with Crippen molar-refractivity contribution in [2.24, 2.45) is 0 Å². The van der Waals surface area contributed by atoms with Crippen molar-refractivity contribution in [1.82, 2.24) is 10.0 Å². The van der Waals surface area contributed by atoms with Crippen molar-refractivity contribution in [2.45, 2.75) is 30.7 Å². The molecule has 2 heterocycles. The van der Waals surface area contributed by atoms with Gasteiger partial charge in [-0.3, -0.25) is 0 Å². The minimum absolute atomic E-state index is 0.375. The Labute approximate surface area is 114 Å². The normalized spacial score (nSPS) is 25.4. The van der Waals surface area contributed by atoms with Gasteiger partial charge in [-0.15, -0.1) is 11.3 Å². The summed E-state index contributed by atoms with van der Waals surface area (Å²) in [7, 11) is -3.42. The summed E-state index contributed by atoms with van der Waals surface area (Å²) in [5.41, 5.74) is -0.375. The van der Waals surface area contributed by atoms with E-state index in [-0.39, 0.29) is 5.54 Å². The molecular formula is C10H15BrN2O2S2. The van der Waals surface area contributed by atoms with Gasteiger partial charge >= 0.3 is 0 Å². The first-order valence-electron chi connectivity index (χ1n) is 5.33. The average molecular weight is 339 g/mol. The number of hydrogen-bond donors (Lipinski definition) is 2. The molecule has 1 aromatic rings. The van der Waals surface area contributed by atoms with Crippen molar-refractivity contribution >= 4 is 37.3 Å². The second-order valence-corrected chi connectivity index (χ2v) is 8.85. The molecule has 1 atom stereocenters. The van der Waals surface area contributed by atoms with Gasteiger partial charge in [0.1, 0.15) is 0 Å². The number of hydrogen-bond acceptors (Lipinski definition) is 4. The maximum Gasteiger partial charge on any atom is 0.242 e. The molecule has 4 nitrogen and oxygen atoms in total. The van der Waals surface area contributed by atoms with E-state index < -0.39 is 10.0 Å². The molecule has 2 N–H and O–H groups in total. The van der Waals surface area contributed by atoms with Crippen LogP contribution in [0.5, 0.6) is 0 Å². The van der Waals surface area contributed by atoms with E-state index in [0.29, 0.717) is 11.4 Å². The average Bonchev–Trinajstić information content (AvgIpc) is 2.72. The van der Waals surface area contributed by atoms with E-state index in [1.165, 1.54) is 11.3 Å². The molecule has 96 valence electrons. The summed E-state index contributed by atoms with van der Waals surface area (Å²) in [5.74, 6) is 0. The number of halogens is 1. The smallest absolute Gasteiger partial charge is 0.242 e. The second-order valence-electron chi connectivity index (χ2n) is 4.56. The number of thiophene rings is 1. The standard InChI is InChI=1S/C10H15BrN2O2S2/c1-7-8(5-9(11)16-7)17(14,15)13-10(2)3-4-12-6-10/h5,12-13H,3-4,6H2,1-2H3. The molecule has 1 aliphatic heterocycles. The Morgan fingerprint density at radius 2 is 2.29 bits per heavy atom. The second kappa shape index (κ2) is 4.62. The van der Waals surface area contributed by atoms with Gasteiger partial charge in [0, 0.05) is 17.0 Å². The Hall–Kier alpha value is 0.0500. The maximum absolute atomic E-state index is 12.3. The highest BCUT2D eigenvalue weighted by molar-refractivity contribution is 9.11. The Morgan fingerprint density at radius 1 is 1.59 bits per heavy atom. The van der Waals surface area contributed by atoms with E-state index in [9.17, 15) is 8.42 Å². The van der Waals surface area contributed by atoms with E-state index in [2.05, 4.69) is 26.0 Å². The number of aryl methyl sites for hydroxylation is 1. The van der Waals surface area contributed by atoms with E-state index >= 15 is 0 Å². The predicted molar refractivity (Wildman–Crippen MR) is 73.0 cm³/mol. The number of nitrogens with one attached hydrogen (secondary N) is 2. The molecule has 17 heavy (non-hydrogen) atoms. The first kappa shape index (κ1) is 13.5. The van der Waals surface area contributed by atoms with Gasteiger partial charge in [-0.05, 0) is 48.8 Å². The zero-order chi connectivity index (χ0) is 12.7. The van der Waals surface area contributed by atoms with Crippen molar-refractivity contribution in [2.75, 3.05) is 13.1 Å². The molecule has 1 aromatic heterocycles. The van der Waals surface area contributed by atoms with Gasteiger partial charge in [-0.25, -0.2) is 13.1 Å². The summed E-state index contributed by atoms with van der Waals surface area (Å²) in [6.07, 6.45) is 0.816. The Balaban J connectivity index is 2.28. The van der Waals surface area contributed by atoms with Gasteiger partial charge in [-0.2, -0.15) is 0 Å². The van der Waals surface area contributed by atoms with Crippen LogP contribution in [0.15, 0.2) is 14.7 Å². The van der Waals surface area contributed by atoms with Crippen LogP contribution >= 0.6 is 27.3 Å². The largest absolute Gasteiger partial charge is 0.315 e. The highest BCUT2D eigenvalue weighted by Crippen LogP contribution is 2.30. The summed E-state index contributed by atoms with van der Waals surface area (Å²) >= 11 is 4.75. The molecule has 0 aliphatic carbocycles. The van der Waals surface area contributed by atoms with Crippen LogP contribution in [-0.2, 0) is 10.0 Å². The van der Waals surface area contributed by atoms with Gasteiger partial charge in [-0.1, -0.05) is 0 Å². The van der Waals surface area contributed by atoms with Crippen molar-refractivity contribution in [3.63, 3.8) is 0 Å². The monoisotopic (exact) mass is 338 g/mol. The lowest BCUT2D eigenvalue weighted by Gasteiger charge is -2.23. The molecule has 0 radical (unpaired) electrons. The van der Waals surface area contributed by atoms with Crippen LogP contribution in [0, 0.1) is 6.92 Å². The third-order valence-electron chi connectivity index (χ3n) is 2.88. The molecule has 1 unspecified atom stereocenters. The number of sulfonamides is 1. The fraction of sp³-hybridized carbons (Fsp3) is 0.600. The van der Waals surface area contributed by atoms with Crippen molar-refractivity contribution in [3.05, 3.63) is 14.7 Å². The van der Waals surface area contributed by atoms with Crippen LogP contribution in [0.2, 0.25) is 0 Å². The molecular weight excluding hydrogens is 324 g/mol. The summed E-state index contributed by atoms with van der Waals surface area (Å²) in [6.45, 7) is 5.28.